The fraction of sp³-hybridized carbons (Fsp3) is 0.900. The maximum Gasteiger partial charge on any atom is 0.236 e. The number of nitrogens with zero attached hydrogens (tertiary/aromatic N) is 1. The third-order valence-electron chi connectivity index (χ3n) is 2.91. The molecule has 1 aliphatic rings. The molecule has 1 N–H and O–H groups in total. The maximum atomic E-state index is 11.7. The zero-order valence-electron chi connectivity index (χ0n) is 9.90. The molecule has 1 amide bonds. The molecule has 0 spiro atoms. The fourth-order valence-electron chi connectivity index (χ4n) is 1.48. The predicted molar refractivity (Wildman–Crippen MR) is 63.0 cm³/mol. The molecule has 0 aliphatic carbocycles. The standard InChI is InChI=1S/C10H20N2O3S/c1-3-9(2)11-8-10(13)12-4-6-16(14,15)7-5-12/h9,11H,3-8H2,1-2H3. The summed E-state index contributed by atoms with van der Waals surface area (Å²) >= 11 is 0. The summed E-state index contributed by atoms with van der Waals surface area (Å²) in [6, 6.07) is 0.317. The van der Waals surface area contributed by atoms with Gasteiger partial charge in [-0.1, -0.05) is 6.92 Å². The summed E-state index contributed by atoms with van der Waals surface area (Å²) in [6.45, 7) is 5.05. The van der Waals surface area contributed by atoms with Crippen molar-refractivity contribution in [3.8, 4) is 0 Å². The number of hydrogen-bond donors (Lipinski definition) is 1. The van der Waals surface area contributed by atoms with E-state index in [1.54, 1.807) is 4.90 Å². The van der Waals surface area contributed by atoms with Gasteiger partial charge in [-0.2, -0.15) is 0 Å². The lowest BCUT2D eigenvalue weighted by molar-refractivity contribution is -0.130. The Balaban J connectivity index is 2.34. The Hall–Kier alpha value is -0.620. The number of rotatable bonds is 4. The van der Waals surface area contributed by atoms with E-state index in [0.717, 1.165) is 6.42 Å². The molecule has 94 valence electrons. The molecule has 0 aromatic rings. The Morgan fingerprint density at radius 2 is 1.94 bits per heavy atom. The second-order valence-corrected chi connectivity index (χ2v) is 6.53. The van der Waals surface area contributed by atoms with Crippen molar-refractivity contribution in [1.82, 2.24) is 10.2 Å². The Labute approximate surface area is 97.1 Å². The molecule has 6 heteroatoms. The van der Waals surface area contributed by atoms with Crippen molar-refractivity contribution in [1.29, 1.82) is 0 Å². The van der Waals surface area contributed by atoms with E-state index in [1.165, 1.54) is 0 Å². The summed E-state index contributed by atoms with van der Waals surface area (Å²) in [4.78, 5) is 13.3. The molecule has 1 rings (SSSR count). The number of hydrogen-bond acceptors (Lipinski definition) is 4. The first-order chi connectivity index (χ1) is 7.44. The van der Waals surface area contributed by atoms with Crippen molar-refractivity contribution in [2.24, 2.45) is 0 Å². The minimum atomic E-state index is -2.90. The number of sulfone groups is 1. The molecular weight excluding hydrogens is 228 g/mol. The molecule has 0 radical (unpaired) electrons. The van der Waals surface area contributed by atoms with E-state index in [0.29, 0.717) is 25.7 Å². The number of carbonyl (C=O) groups is 1. The summed E-state index contributed by atoms with van der Waals surface area (Å²) in [5.74, 6) is 0.194. The zero-order valence-corrected chi connectivity index (χ0v) is 10.7. The zero-order chi connectivity index (χ0) is 12.2. The minimum Gasteiger partial charge on any atom is -0.340 e. The Kier molecular flexibility index (Phi) is 4.73. The smallest absolute Gasteiger partial charge is 0.236 e. The molecule has 5 nitrogen and oxygen atoms in total. The fourth-order valence-corrected chi connectivity index (χ4v) is 2.68. The van der Waals surface area contributed by atoms with Crippen molar-refractivity contribution in [3.63, 3.8) is 0 Å². The minimum absolute atomic E-state index is 0.00444. The van der Waals surface area contributed by atoms with E-state index in [2.05, 4.69) is 12.2 Å². The van der Waals surface area contributed by atoms with Gasteiger partial charge in [-0.15, -0.1) is 0 Å². The second kappa shape index (κ2) is 5.63. The molecule has 1 saturated heterocycles. The molecule has 16 heavy (non-hydrogen) atoms. The van der Waals surface area contributed by atoms with Gasteiger partial charge in [-0.3, -0.25) is 4.79 Å². The largest absolute Gasteiger partial charge is 0.340 e. The Bertz CT molecular complexity index is 326. The van der Waals surface area contributed by atoms with Crippen LogP contribution in [0.3, 0.4) is 0 Å². The normalized spacial score (nSPS) is 21.8. The van der Waals surface area contributed by atoms with Crippen LogP contribution in [0.5, 0.6) is 0 Å². The third-order valence-corrected chi connectivity index (χ3v) is 4.52. The molecule has 0 saturated carbocycles. The van der Waals surface area contributed by atoms with Gasteiger partial charge in [0.05, 0.1) is 18.1 Å². The van der Waals surface area contributed by atoms with Gasteiger partial charge in [-0.25, -0.2) is 8.42 Å². The maximum absolute atomic E-state index is 11.7. The van der Waals surface area contributed by atoms with Crippen LogP contribution in [0.4, 0.5) is 0 Å². The lowest BCUT2D eigenvalue weighted by atomic mass is 10.2. The van der Waals surface area contributed by atoms with Crippen LogP contribution in [0, 0.1) is 0 Å². The van der Waals surface area contributed by atoms with Crippen LogP contribution in [0.25, 0.3) is 0 Å². The first kappa shape index (κ1) is 13.4. The van der Waals surface area contributed by atoms with Crippen molar-refractivity contribution >= 4 is 15.7 Å². The number of nitrogens with one attached hydrogen (secondary N) is 1. The van der Waals surface area contributed by atoms with Crippen molar-refractivity contribution < 1.29 is 13.2 Å². The van der Waals surface area contributed by atoms with Crippen LogP contribution in [-0.2, 0) is 14.6 Å². The molecular formula is C10H20N2O3S. The lowest BCUT2D eigenvalue weighted by Gasteiger charge is -2.27. The summed E-state index contributed by atoms with van der Waals surface area (Å²) < 4.78 is 22.4. The molecule has 1 unspecified atom stereocenters. The molecule has 0 aromatic carbocycles. The lowest BCUT2D eigenvalue weighted by Crippen LogP contribution is -2.47. The van der Waals surface area contributed by atoms with E-state index in [9.17, 15) is 13.2 Å². The van der Waals surface area contributed by atoms with E-state index < -0.39 is 9.84 Å². The van der Waals surface area contributed by atoms with Crippen molar-refractivity contribution in [2.75, 3.05) is 31.1 Å². The molecule has 1 aliphatic heterocycles. The summed E-state index contributed by atoms with van der Waals surface area (Å²) in [5, 5.41) is 3.11. The number of carbonyl (C=O) groups excluding carboxylic acids is 1. The van der Waals surface area contributed by atoms with Gasteiger partial charge >= 0.3 is 0 Å². The van der Waals surface area contributed by atoms with Crippen LogP contribution in [0.15, 0.2) is 0 Å². The second-order valence-electron chi connectivity index (χ2n) is 4.22. The van der Waals surface area contributed by atoms with Crippen LogP contribution in [-0.4, -0.2) is 56.4 Å². The quantitative estimate of drug-likeness (QED) is 0.737. The Morgan fingerprint density at radius 1 is 1.38 bits per heavy atom. The Morgan fingerprint density at radius 3 is 2.44 bits per heavy atom. The summed E-state index contributed by atoms with van der Waals surface area (Å²) in [5.41, 5.74) is 0. The molecule has 1 fully saturated rings. The first-order valence-electron chi connectivity index (χ1n) is 5.66. The first-order valence-corrected chi connectivity index (χ1v) is 7.48. The van der Waals surface area contributed by atoms with Crippen LogP contribution < -0.4 is 5.32 Å². The van der Waals surface area contributed by atoms with Gasteiger partial charge in [0.1, 0.15) is 0 Å². The summed E-state index contributed by atoms with van der Waals surface area (Å²) in [6.07, 6.45) is 0.974. The third kappa shape index (κ3) is 4.09. The van der Waals surface area contributed by atoms with Gasteiger partial charge in [0.25, 0.3) is 0 Å². The van der Waals surface area contributed by atoms with Gasteiger partial charge in [0.2, 0.25) is 5.91 Å². The average molecular weight is 248 g/mol. The van der Waals surface area contributed by atoms with E-state index in [4.69, 9.17) is 0 Å². The van der Waals surface area contributed by atoms with E-state index in [1.807, 2.05) is 6.92 Å². The molecule has 1 heterocycles. The topological polar surface area (TPSA) is 66.5 Å². The predicted octanol–water partition coefficient (Wildman–Crippen LogP) is -0.368. The SMILES string of the molecule is CCC(C)NCC(=O)N1CCS(=O)(=O)CC1. The highest BCUT2D eigenvalue weighted by atomic mass is 32.2. The van der Waals surface area contributed by atoms with Gasteiger partial charge in [-0.05, 0) is 13.3 Å². The van der Waals surface area contributed by atoms with Crippen molar-refractivity contribution in [3.05, 3.63) is 0 Å². The summed E-state index contributed by atoms with van der Waals surface area (Å²) in [7, 11) is -2.90. The van der Waals surface area contributed by atoms with Gasteiger partial charge in [0.15, 0.2) is 9.84 Å². The van der Waals surface area contributed by atoms with Gasteiger partial charge in [0, 0.05) is 19.1 Å². The average Bonchev–Trinajstić information content (AvgIpc) is 2.25. The van der Waals surface area contributed by atoms with E-state index >= 15 is 0 Å². The molecule has 0 bridgehead atoms. The highest BCUT2D eigenvalue weighted by molar-refractivity contribution is 7.91. The monoisotopic (exact) mass is 248 g/mol. The highest BCUT2D eigenvalue weighted by Crippen LogP contribution is 2.03. The van der Waals surface area contributed by atoms with Crippen LogP contribution in [0.2, 0.25) is 0 Å². The van der Waals surface area contributed by atoms with Crippen molar-refractivity contribution in [2.45, 2.75) is 26.3 Å². The van der Waals surface area contributed by atoms with Crippen LogP contribution in [0.1, 0.15) is 20.3 Å². The van der Waals surface area contributed by atoms with Crippen LogP contribution >= 0.6 is 0 Å². The highest BCUT2D eigenvalue weighted by Gasteiger charge is 2.24. The number of amides is 1. The molecule has 0 aromatic heterocycles. The molecule has 1 atom stereocenters. The van der Waals surface area contributed by atoms with Gasteiger partial charge < -0.3 is 10.2 Å². The van der Waals surface area contributed by atoms with E-state index in [-0.39, 0.29) is 17.4 Å².